The minimum absolute atomic E-state index is 0.0735. The van der Waals surface area contributed by atoms with Gasteiger partial charge < -0.3 is 10.1 Å². The molecule has 0 radical (unpaired) electrons. The molecule has 0 spiro atoms. The molecule has 0 unspecified atom stereocenters. The van der Waals surface area contributed by atoms with Gasteiger partial charge in [-0.25, -0.2) is 4.68 Å². The van der Waals surface area contributed by atoms with E-state index < -0.39 is 5.60 Å². The fourth-order valence-electron chi connectivity index (χ4n) is 2.68. The van der Waals surface area contributed by atoms with Gasteiger partial charge >= 0.3 is 5.97 Å². The van der Waals surface area contributed by atoms with Gasteiger partial charge in [0.2, 0.25) is 0 Å². The molecule has 1 aromatic heterocycles. The molecule has 1 heterocycles. The van der Waals surface area contributed by atoms with Crippen molar-refractivity contribution in [2.75, 3.05) is 6.54 Å². The smallest absolute Gasteiger partial charge is 0.308 e. The van der Waals surface area contributed by atoms with Crippen LogP contribution in [-0.2, 0) is 9.53 Å². The van der Waals surface area contributed by atoms with Crippen LogP contribution in [0.2, 0.25) is 15.1 Å². The summed E-state index contributed by atoms with van der Waals surface area (Å²) in [7, 11) is 0. The van der Waals surface area contributed by atoms with Crippen LogP contribution in [0.1, 0.15) is 48.9 Å². The molecule has 1 N–H and O–H groups in total. The van der Waals surface area contributed by atoms with Crippen molar-refractivity contribution in [1.29, 1.82) is 0 Å². The summed E-state index contributed by atoms with van der Waals surface area (Å²) >= 11 is 18.5. The maximum atomic E-state index is 12.6. The van der Waals surface area contributed by atoms with Crippen LogP contribution in [0, 0.1) is 13.8 Å². The number of rotatable bonds is 5. The molecule has 0 bridgehead atoms. The molecule has 0 saturated heterocycles. The van der Waals surface area contributed by atoms with Gasteiger partial charge in [0.1, 0.15) is 11.3 Å². The largest absolute Gasteiger partial charge is 0.460 e. The van der Waals surface area contributed by atoms with Gasteiger partial charge in [-0.1, -0.05) is 34.8 Å². The van der Waals surface area contributed by atoms with Crippen molar-refractivity contribution in [3.05, 3.63) is 44.2 Å². The highest BCUT2D eigenvalue weighted by Gasteiger charge is 2.22. The summed E-state index contributed by atoms with van der Waals surface area (Å²) in [6.45, 7) is 8.97. The number of nitrogens with one attached hydrogen (secondary N) is 1. The van der Waals surface area contributed by atoms with Crippen molar-refractivity contribution >= 4 is 46.7 Å². The molecule has 0 aliphatic rings. The van der Waals surface area contributed by atoms with Crippen LogP contribution in [0.3, 0.4) is 0 Å². The fraction of sp³-hybridized carbons (Fsp3) is 0.421. The fourth-order valence-corrected chi connectivity index (χ4v) is 3.66. The first kappa shape index (κ1) is 22.5. The monoisotopic (exact) mass is 445 g/mol. The first-order chi connectivity index (χ1) is 12.9. The molecule has 0 aliphatic heterocycles. The van der Waals surface area contributed by atoms with E-state index in [-0.39, 0.29) is 24.8 Å². The highest BCUT2D eigenvalue weighted by Crippen LogP contribution is 2.33. The van der Waals surface area contributed by atoms with Crippen molar-refractivity contribution < 1.29 is 14.3 Å². The number of aromatic nitrogens is 2. The average Bonchev–Trinajstić information content (AvgIpc) is 2.79. The van der Waals surface area contributed by atoms with E-state index in [1.807, 2.05) is 0 Å². The minimum atomic E-state index is -0.563. The third-order valence-electron chi connectivity index (χ3n) is 3.75. The van der Waals surface area contributed by atoms with Crippen LogP contribution in [0.25, 0.3) is 5.69 Å². The van der Waals surface area contributed by atoms with Gasteiger partial charge in [-0.3, -0.25) is 9.59 Å². The molecule has 0 atom stereocenters. The van der Waals surface area contributed by atoms with Crippen LogP contribution in [0.4, 0.5) is 0 Å². The van der Waals surface area contributed by atoms with Crippen LogP contribution >= 0.6 is 34.8 Å². The number of carbonyl (C=O) groups is 2. The van der Waals surface area contributed by atoms with E-state index in [1.165, 1.54) is 4.68 Å². The second-order valence-electron chi connectivity index (χ2n) is 7.27. The van der Waals surface area contributed by atoms with Crippen molar-refractivity contribution in [1.82, 2.24) is 15.1 Å². The number of halogens is 3. The number of carbonyl (C=O) groups excluding carboxylic acids is 2. The van der Waals surface area contributed by atoms with E-state index in [0.29, 0.717) is 37.7 Å². The zero-order chi connectivity index (χ0) is 21.2. The van der Waals surface area contributed by atoms with E-state index in [2.05, 4.69) is 10.4 Å². The Labute approximate surface area is 179 Å². The Hall–Kier alpha value is -1.76. The molecule has 2 rings (SSSR count). The Morgan fingerprint density at radius 1 is 1.14 bits per heavy atom. The van der Waals surface area contributed by atoms with Crippen LogP contribution < -0.4 is 5.32 Å². The van der Waals surface area contributed by atoms with Crippen molar-refractivity contribution in [2.24, 2.45) is 0 Å². The molecule has 2 aromatic rings. The summed E-state index contributed by atoms with van der Waals surface area (Å²) in [5.41, 5.74) is 1.35. The molecule has 0 saturated carbocycles. The second kappa shape index (κ2) is 8.72. The molecule has 152 valence electrons. The summed E-state index contributed by atoms with van der Waals surface area (Å²) in [6, 6.07) is 3.11. The van der Waals surface area contributed by atoms with Gasteiger partial charge in [-0.2, -0.15) is 5.10 Å². The summed E-state index contributed by atoms with van der Waals surface area (Å²) in [4.78, 5) is 24.4. The minimum Gasteiger partial charge on any atom is -0.460 e. The van der Waals surface area contributed by atoms with E-state index >= 15 is 0 Å². The van der Waals surface area contributed by atoms with E-state index in [9.17, 15) is 9.59 Å². The topological polar surface area (TPSA) is 73.2 Å². The molecule has 0 aliphatic carbocycles. The number of hydrogen-bond acceptors (Lipinski definition) is 4. The molecule has 1 aromatic carbocycles. The molecule has 9 heteroatoms. The highest BCUT2D eigenvalue weighted by molar-refractivity contribution is 6.40. The lowest BCUT2D eigenvalue weighted by atomic mass is 10.1. The Bertz CT molecular complexity index is 894. The zero-order valence-corrected chi connectivity index (χ0v) is 18.6. The second-order valence-corrected chi connectivity index (χ2v) is 8.52. The number of ether oxygens (including phenoxy) is 1. The predicted octanol–water partition coefficient (Wildman–Crippen LogP) is 4.91. The Kier molecular flexibility index (Phi) is 7.02. The standard InChI is InChI=1S/C19H22Cl3N3O3/c1-10-16(18(27)23-7-6-15(26)28-19(3,4)5)11(2)25(24-10)17-13(21)8-12(20)9-14(17)22/h8-9H,6-7H2,1-5H3,(H,23,27). The van der Waals surface area contributed by atoms with Gasteiger partial charge in [-0.15, -0.1) is 0 Å². The number of aryl methyl sites for hydroxylation is 1. The van der Waals surface area contributed by atoms with E-state index in [4.69, 9.17) is 39.5 Å². The molecular weight excluding hydrogens is 425 g/mol. The lowest BCUT2D eigenvalue weighted by molar-refractivity contribution is -0.154. The Morgan fingerprint density at radius 3 is 2.25 bits per heavy atom. The summed E-state index contributed by atoms with van der Waals surface area (Å²) in [6.07, 6.45) is 0.0735. The van der Waals surface area contributed by atoms with Gasteiger partial charge in [0.15, 0.2) is 0 Å². The SMILES string of the molecule is Cc1nn(-c2c(Cl)cc(Cl)cc2Cl)c(C)c1C(=O)NCCC(=O)OC(C)(C)C. The molecule has 1 amide bonds. The third-order valence-corrected chi connectivity index (χ3v) is 4.54. The zero-order valence-electron chi connectivity index (χ0n) is 16.3. The normalized spacial score (nSPS) is 11.4. The predicted molar refractivity (Wildman–Crippen MR) is 111 cm³/mol. The number of amides is 1. The van der Waals surface area contributed by atoms with Crippen LogP contribution in [-0.4, -0.2) is 33.8 Å². The van der Waals surface area contributed by atoms with Crippen molar-refractivity contribution in [2.45, 2.75) is 46.6 Å². The molecule has 28 heavy (non-hydrogen) atoms. The summed E-state index contributed by atoms with van der Waals surface area (Å²) in [5, 5.41) is 8.16. The van der Waals surface area contributed by atoms with E-state index in [0.717, 1.165) is 0 Å². The maximum Gasteiger partial charge on any atom is 0.308 e. The average molecular weight is 447 g/mol. The molecule has 0 fully saturated rings. The lowest BCUT2D eigenvalue weighted by Gasteiger charge is -2.19. The van der Waals surface area contributed by atoms with Crippen LogP contribution in [0.15, 0.2) is 12.1 Å². The number of nitrogens with zero attached hydrogens (tertiary/aromatic N) is 2. The summed E-state index contributed by atoms with van der Waals surface area (Å²) < 4.78 is 6.74. The maximum absolute atomic E-state index is 12.6. The lowest BCUT2D eigenvalue weighted by Crippen LogP contribution is -2.30. The van der Waals surface area contributed by atoms with Crippen molar-refractivity contribution in [3.8, 4) is 5.69 Å². The number of esters is 1. The van der Waals surface area contributed by atoms with Crippen molar-refractivity contribution in [3.63, 3.8) is 0 Å². The van der Waals surface area contributed by atoms with E-state index in [1.54, 1.807) is 46.8 Å². The van der Waals surface area contributed by atoms with Crippen LogP contribution in [0.5, 0.6) is 0 Å². The Balaban J connectivity index is 2.18. The number of benzene rings is 1. The quantitative estimate of drug-likeness (QED) is 0.662. The number of hydrogen-bond donors (Lipinski definition) is 1. The third kappa shape index (κ3) is 5.40. The first-order valence-electron chi connectivity index (χ1n) is 8.62. The molecular formula is C19H22Cl3N3O3. The molecule has 6 nitrogen and oxygen atoms in total. The van der Waals surface area contributed by atoms with Gasteiger partial charge in [-0.05, 0) is 46.8 Å². The van der Waals surface area contributed by atoms with Gasteiger partial charge in [0.05, 0.1) is 33.4 Å². The Morgan fingerprint density at radius 2 is 1.71 bits per heavy atom. The van der Waals surface area contributed by atoms with Gasteiger partial charge in [0, 0.05) is 11.6 Å². The summed E-state index contributed by atoms with van der Waals surface area (Å²) in [5.74, 6) is -0.720. The highest BCUT2D eigenvalue weighted by atomic mass is 35.5. The van der Waals surface area contributed by atoms with Gasteiger partial charge in [0.25, 0.3) is 5.91 Å². The first-order valence-corrected chi connectivity index (χ1v) is 9.75.